The predicted octanol–water partition coefficient (Wildman–Crippen LogP) is 3.22. The maximum absolute atomic E-state index is 4.40. The first-order chi connectivity index (χ1) is 12.2. The molecule has 0 radical (unpaired) electrons. The largest absolute Gasteiger partial charge is 0.278 e. The number of hydrogen-bond acceptors (Lipinski definition) is 1. The van der Waals surface area contributed by atoms with Gasteiger partial charge in [-0.3, -0.25) is 9.56 Å². The Morgan fingerprint density at radius 1 is 1.04 bits per heavy atom. The van der Waals surface area contributed by atoms with Gasteiger partial charge in [0.05, 0.1) is 11.0 Å². The molecule has 0 saturated heterocycles. The van der Waals surface area contributed by atoms with Crippen molar-refractivity contribution >= 4 is 42.8 Å². The van der Waals surface area contributed by atoms with Crippen molar-refractivity contribution in [2.24, 2.45) is 15.0 Å². The molecule has 0 spiro atoms. The Labute approximate surface area is 149 Å². The van der Waals surface area contributed by atoms with Crippen LogP contribution in [0.15, 0.2) is 65.6 Å². The number of hydrogen-bond donors (Lipinski definition) is 0. The van der Waals surface area contributed by atoms with Gasteiger partial charge in [-0.05, 0) is 19.1 Å². The van der Waals surface area contributed by atoms with E-state index in [1.807, 2.05) is 35.8 Å². The molecule has 4 nitrogen and oxygen atoms in total. The Morgan fingerprint density at radius 2 is 1.76 bits per heavy atom. The van der Waals surface area contributed by atoms with Gasteiger partial charge in [0.2, 0.25) is 5.96 Å². The Bertz CT molecular complexity index is 887. The summed E-state index contributed by atoms with van der Waals surface area (Å²) in [5.74, 6) is 0.483. The van der Waals surface area contributed by atoms with Crippen LogP contribution in [0.3, 0.4) is 0 Å². The first-order valence-electron chi connectivity index (χ1n) is 7.79. The fourth-order valence-corrected chi connectivity index (χ4v) is 2.34. The van der Waals surface area contributed by atoms with Gasteiger partial charge in [-0.15, -0.1) is 0 Å². The van der Waals surface area contributed by atoms with Crippen molar-refractivity contribution < 1.29 is 0 Å². The minimum absolute atomic E-state index is 0.483. The molecule has 0 saturated carbocycles. The van der Waals surface area contributed by atoms with E-state index in [-0.39, 0.29) is 0 Å². The number of aromatic nitrogens is 1. The molecule has 0 aliphatic rings. The predicted molar refractivity (Wildman–Crippen MR) is 114 cm³/mol. The number of nitrogens with zero attached hydrogens (tertiary/aromatic N) is 4. The molecule has 1 aromatic heterocycles. The molecule has 0 unspecified atom stereocenters. The zero-order chi connectivity index (χ0) is 18.7. The van der Waals surface area contributed by atoms with Crippen LogP contribution < -0.4 is 10.6 Å². The SMILES string of the molecule is C=C/C=C\c1c(C=C)c(=C/C=C)/c(=C\C=C)n1C(/N=C\C)=N/C=N\C. The standard InChI is InChI=1S/C21H24N4/c1-7-12-15-20-17(10-4)18(13-8-2)19(14-9-3)25(20)21(23-11-5)24-16-22-6/h7-16H,1-4H2,5-6H3/b15-12-,18-13-,19-14+,22-16-,23-11-,24-21+. The zero-order valence-electron chi connectivity index (χ0n) is 14.9. The number of allylic oxidation sites excluding steroid dienone is 4. The lowest BCUT2D eigenvalue weighted by Crippen LogP contribution is -2.33. The maximum atomic E-state index is 4.40. The van der Waals surface area contributed by atoms with Crippen molar-refractivity contribution in [1.82, 2.24) is 4.57 Å². The summed E-state index contributed by atoms with van der Waals surface area (Å²) in [7, 11) is 1.66. The van der Waals surface area contributed by atoms with Gasteiger partial charge in [-0.25, -0.2) is 9.98 Å². The summed E-state index contributed by atoms with van der Waals surface area (Å²) >= 11 is 0. The maximum Gasteiger partial charge on any atom is 0.235 e. The molecule has 128 valence electrons. The summed E-state index contributed by atoms with van der Waals surface area (Å²) in [6, 6.07) is 0. The van der Waals surface area contributed by atoms with Gasteiger partial charge in [0.15, 0.2) is 0 Å². The summed E-state index contributed by atoms with van der Waals surface area (Å²) in [6.07, 6.45) is 17.7. The van der Waals surface area contributed by atoms with Gasteiger partial charge in [-0.1, -0.05) is 62.8 Å². The summed E-state index contributed by atoms with van der Waals surface area (Å²) in [4.78, 5) is 12.7. The highest BCUT2D eigenvalue weighted by Crippen LogP contribution is 2.09. The summed E-state index contributed by atoms with van der Waals surface area (Å²) in [5, 5.41) is 1.84. The molecule has 0 bridgehead atoms. The second-order valence-corrected chi connectivity index (χ2v) is 4.73. The molecule has 0 atom stereocenters. The van der Waals surface area contributed by atoms with E-state index in [4.69, 9.17) is 0 Å². The molecule has 25 heavy (non-hydrogen) atoms. The molecular weight excluding hydrogens is 308 g/mol. The fraction of sp³-hybridized carbons (Fsp3) is 0.0952. The Kier molecular flexibility index (Phi) is 8.30. The van der Waals surface area contributed by atoms with E-state index in [1.165, 1.54) is 6.34 Å². The molecule has 0 N–H and O–H groups in total. The molecular formula is C21H24N4. The van der Waals surface area contributed by atoms with Gasteiger partial charge in [0.1, 0.15) is 6.34 Å². The smallest absolute Gasteiger partial charge is 0.235 e. The van der Waals surface area contributed by atoms with Crippen LogP contribution in [0.2, 0.25) is 0 Å². The topological polar surface area (TPSA) is 42.0 Å². The third-order valence-electron chi connectivity index (χ3n) is 3.21. The molecule has 1 aromatic rings. The van der Waals surface area contributed by atoms with Crippen LogP contribution in [0.25, 0.3) is 24.3 Å². The molecule has 0 aliphatic carbocycles. The van der Waals surface area contributed by atoms with E-state index >= 15 is 0 Å². The molecule has 0 amide bonds. The van der Waals surface area contributed by atoms with Crippen molar-refractivity contribution in [1.29, 1.82) is 0 Å². The van der Waals surface area contributed by atoms with Gasteiger partial charge >= 0.3 is 0 Å². The second-order valence-electron chi connectivity index (χ2n) is 4.73. The highest BCUT2D eigenvalue weighted by molar-refractivity contribution is 5.96. The van der Waals surface area contributed by atoms with Crippen LogP contribution in [0, 0.1) is 0 Å². The molecule has 4 heteroatoms. The van der Waals surface area contributed by atoms with Crippen LogP contribution >= 0.6 is 0 Å². The van der Waals surface area contributed by atoms with Crippen LogP contribution in [0.5, 0.6) is 0 Å². The Morgan fingerprint density at radius 3 is 2.28 bits per heavy atom. The molecule has 1 rings (SSSR count). The van der Waals surface area contributed by atoms with E-state index in [0.29, 0.717) is 5.96 Å². The van der Waals surface area contributed by atoms with Gasteiger partial charge < -0.3 is 0 Å². The third-order valence-corrected chi connectivity index (χ3v) is 3.21. The zero-order valence-corrected chi connectivity index (χ0v) is 14.9. The van der Waals surface area contributed by atoms with Crippen LogP contribution in [0.1, 0.15) is 18.2 Å². The lowest BCUT2D eigenvalue weighted by molar-refractivity contribution is 1.06. The minimum atomic E-state index is 0.483. The van der Waals surface area contributed by atoms with Crippen LogP contribution in [0.4, 0.5) is 0 Å². The fourth-order valence-electron chi connectivity index (χ4n) is 2.34. The third kappa shape index (κ3) is 4.61. The van der Waals surface area contributed by atoms with E-state index in [2.05, 4.69) is 41.3 Å². The van der Waals surface area contributed by atoms with Gasteiger partial charge in [-0.2, -0.15) is 0 Å². The first kappa shape index (κ1) is 19.8. The summed E-state index contributed by atoms with van der Waals surface area (Å²) in [5.41, 5.74) is 1.82. The van der Waals surface area contributed by atoms with Crippen molar-refractivity contribution in [2.45, 2.75) is 6.92 Å². The Balaban J connectivity index is 4.19. The average Bonchev–Trinajstić information content (AvgIpc) is 2.90. The van der Waals surface area contributed by atoms with Crippen molar-refractivity contribution in [3.05, 3.63) is 72.4 Å². The monoisotopic (exact) mass is 332 g/mol. The molecule has 0 aliphatic heterocycles. The quantitative estimate of drug-likeness (QED) is 0.436. The average molecular weight is 332 g/mol. The van der Waals surface area contributed by atoms with Gasteiger partial charge in [0.25, 0.3) is 0 Å². The second kappa shape index (κ2) is 10.5. The lowest BCUT2D eigenvalue weighted by atomic mass is 10.1. The first-order valence-corrected chi connectivity index (χ1v) is 7.79. The van der Waals surface area contributed by atoms with Crippen molar-refractivity contribution in [2.75, 3.05) is 7.05 Å². The van der Waals surface area contributed by atoms with Crippen LogP contribution in [-0.4, -0.2) is 30.1 Å². The lowest BCUT2D eigenvalue weighted by Gasteiger charge is -2.06. The van der Waals surface area contributed by atoms with E-state index in [1.54, 1.807) is 37.6 Å². The van der Waals surface area contributed by atoms with E-state index in [9.17, 15) is 0 Å². The highest BCUT2D eigenvalue weighted by atomic mass is 15.2. The van der Waals surface area contributed by atoms with Crippen LogP contribution in [-0.2, 0) is 0 Å². The highest BCUT2D eigenvalue weighted by Gasteiger charge is 2.14. The molecule has 1 heterocycles. The minimum Gasteiger partial charge on any atom is -0.278 e. The molecule has 0 aromatic carbocycles. The van der Waals surface area contributed by atoms with Crippen molar-refractivity contribution in [3.8, 4) is 0 Å². The number of rotatable bonds is 6. The van der Waals surface area contributed by atoms with Gasteiger partial charge in [0, 0.05) is 24.0 Å². The number of aliphatic imine (C=N–C) groups is 3. The Hall–Kier alpha value is -3.27. The summed E-state index contributed by atoms with van der Waals surface area (Å²) in [6.45, 7) is 17.2. The van der Waals surface area contributed by atoms with Crippen molar-refractivity contribution in [3.63, 3.8) is 0 Å². The van der Waals surface area contributed by atoms with E-state index < -0.39 is 0 Å². The normalized spacial score (nSPS) is 14.1. The summed E-state index contributed by atoms with van der Waals surface area (Å²) < 4.78 is 1.93. The van der Waals surface area contributed by atoms with E-state index in [0.717, 1.165) is 21.8 Å². The molecule has 0 fully saturated rings.